The maximum Gasteiger partial charge on any atom is 0.224 e. The molecule has 0 saturated carbocycles. The quantitative estimate of drug-likeness (QED) is 0.686. The first-order valence-corrected chi connectivity index (χ1v) is 6.27. The van der Waals surface area contributed by atoms with Crippen molar-refractivity contribution in [3.8, 4) is 5.75 Å². The van der Waals surface area contributed by atoms with Crippen LogP contribution in [-0.2, 0) is 17.6 Å². The van der Waals surface area contributed by atoms with Gasteiger partial charge >= 0.3 is 0 Å². The smallest absolute Gasteiger partial charge is 0.224 e. The summed E-state index contributed by atoms with van der Waals surface area (Å²) in [5, 5.41) is 12.0. The maximum atomic E-state index is 11.7. The van der Waals surface area contributed by atoms with Crippen molar-refractivity contribution < 1.29 is 9.90 Å². The number of aromatic hydroxyl groups is 1. The molecule has 5 heteroatoms. The summed E-state index contributed by atoms with van der Waals surface area (Å²) in [5.74, 6) is 1.14. The number of hydrogen-bond donors (Lipinski definition) is 3. The number of aryl methyl sites for hydroxylation is 1. The van der Waals surface area contributed by atoms with Gasteiger partial charge in [-0.1, -0.05) is 12.1 Å². The number of imidazole rings is 1. The Balaban J connectivity index is 1.65. The molecule has 2 aromatic rings. The molecular formula is C14H17N3O2. The fourth-order valence-electron chi connectivity index (χ4n) is 1.78. The van der Waals surface area contributed by atoms with E-state index in [9.17, 15) is 4.79 Å². The van der Waals surface area contributed by atoms with E-state index < -0.39 is 0 Å². The zero-order chi connectivity index (χ0) is 13.5. The van der Waals surface area contributed by atoms with Crippen molar-refractivity contribution in [3.05, 3.63) is 48.0 Å². The van der Waals surface area contributed by atoms with Gasteiger partial charge in [0.25, 0.3) is 0 Å². The van der Waals surface area contributed by atoms with Gasteiger partial charge in [0.05, 0.1) is 6.42 Å². The Labute approximate surface area is 111 Å². The SMILES string of the molecule is O=C(Cc1ccc(O)cc1)NCCCc1ncc[nH]1. The predicted molar refractivity (Wildman–Crippen MR) is 71.7 cm³/mol. The Morgan fingerprint density at radius 3 is 2.79 bits per heavy atom. The number of amides is 1. The largest absolute Gasteiger partial charge is 0.508 e. The molecule has 0 fully saturated rings. The van der Waals surface area contributed by atoms with Gasteiger partial charge in [-0.05, 0) is 24.1 Å². The van der Waals surface area contributed by atoms with Crippen LogP contribution in [-0.4, -0.2) is 27.5 Å². The fourth-order valence-corrected chi connectivity index (χ4v) is 1.78. The van der Waals surface area contributed by atoms with Crippen molar-refractivity contribution >= 4 is 5.91 Å². The van der Waals surface area contributed by atoms with Crippen LogP contribution in [0.1, 0.15) is 17.8 Å². The minimum Gasteiger partial charge on any atom is -0.508 e. The molecule has 0 saturated heterocycles. The van der Waals surface area contributed by atoms with Crippen molar-refractivity contribution in [1.82, 2.24) is 15.3 Å². The molecule has 0 aliphatic heterocycles. The van der Waals surface area contributed by atoms with Crippen LogP contribution in [0.5, 0.6) is 5.75 Å². The third-order valence-corrected chi connectivity index (χ3v) is 2.77. The van der Waals surface area contributed by atoms with E-state index in [2.05, 4.69) is 15.3 Å². The second kappa shape index (κ2) is 6.58. The number of nitrogens with one attached hydrogen (secondary N) is 2. The average Bonchev–Trinajstić information content (AvgIpc) is 2.91. The van der Waals surface area contributed by atoms with Gasteiger partial charge in [-0.25, -0.2) is 4.98 Å². The first kappa shape index (κ1) is 13.1. The van der Waals surface area contributed by atoms with E-state index in [0.29, 0.717) is 13.0 Å². The van der Waals surface area contributed by atoms with E-state index in [0.717, 1.165) is 24.2 Å². The molecule has 0 atom stereocenters. The lowest BCUT2D eigenvalue weighted by Gasteiger charge is -2.05. The van der Waals surface area contributed by atoms with Crippen molar-refractivity contribution in [2.75, 3.05) is 6.54 Å². The first-order chi connectivity index (χ1) is 9.24. The molecule has 0 aliphatic rings. The second-order valence-corrected chi connectivity index (χ2v) is 4.33. The molecule has 0 aliphatic carbocycles. The van der Waals surface area contributed by atoms with Crippen LogP contribution < -0.4 is 5.32 Å². The number of phenolic OH excluding ortho intramolecular Hbond substituents is 1. The van der Waals surface area contributed by atoms with Crippen molar-refractivity contribution in [2.24, 2.45) is 0 Å². The van der Waals surface area contributed by atoms with Gasteiger partial charge in [0, 0.05) is 25.4 Å². The normalized spacial score (nSPS) is 10.3. The van der Waals surface area contributed by atoms with Crippen LogP contribution in [0.2, 0.25) is 0 Å². The highest BCUT2D eigenvalue weighted by molar-refractivity contribution is 5.78. The number of nitrogens with zero attached hydrogens (tertiary/aromatic N) is 1. The molecule has 1 heterocycles. The van der Waals surface area contributed by atoms with Crippen LogP contribution in [0.3, 0.4) is 0 Å². The molecule has 1 amide bonds. The average molecular weight is 259 g/mol. The number of hydrogen-bond acceptors (Lipinski definition) is 3. The highest BCUT2D eigenvalue weighted by atomic mass is 16.3. The van der Waals surface area contributed by atoms with E-state index in [-0.39, 0.29) is 11.7 Å². The topological polar surface area (TPSA) is 78.0 Å². The Morgan fingerprint density at radius 2 is 2.11 bits per heavy atom. The molecule has 0 unspecified atom stereocenters. The summed E-state index contributed by atoms with van der Waals surface area (Å²) in [7, 11) is 0. The highest BCUT2D eigenvalue weighted by Gasteiger charge is 2.03. The van der Waals surface area contributed by atoms with Crippen LogP contribution in [0.15, 0.2) is 36.7 Å². The van der Waals surface area contributed by atoms with Crippen LogP contribution >= 0.6 is 0 Å². The van der Waals surface area contributed by atoms with Gasteiger partial charge in [-0.3, -0.25) is 4.79 Å². The maximum absolute atomic E-state index is 11.7. The van der Waals surface area contributed by atoms with Gasteiger partial charge in [0.1, 0.15) is 11.6 Å². The summed E-state index contributed by atoms with van der Waals surface area (Å²) in [6, 6.07) is 6.66. The van der Waals surface area contributed by atoms with Crippen LogP contribution in [0, 0.1) is 0 Å². The van der Waals surface area contributed by atoms with E-state index in [1.807, 2.05) is 0 Å². The van der Waals surface area contributed by atoms with Gasteiger partial charge in [-0.15, -0.1) is 0 Å². The predicted octanol–water partition coefficient (Wildman–Crippen LogP) is 1.41. The van der Waals surface area contributed by atoms with E-state index >= 15 is 0 Å². The Morgan fingerprint density at radius 1 is 1.32 bits per heavy atom. The molecule has 100 valence electrons. The summed E-state index contributed by atoms with van der Waals surface area (Å²) in [5.41, 5.74) is 0.890. The fraction of sp³-hybridized carbons (Fsp3) is 0.286. The number of aromatic nitrogens is 2. The number of carbonyl (C=O) groups excluding carboxylic acids is 1. The summed E-state index contributed by atoms with van der Waals surface area (Å²) >= 11 is 0. The number of aromatic amines is 1. The van der Waals surface area contributed by atoms with Gasteiger partial charge in [0.2, 0.25) is 5.91 Å². The second-order valence-electron chi connectivity index (χ2n) is 4.33. The molecule has 2 rings (SSSR count). The summed E-state index contributed by atoms with van der Waals surface area (Å²) in [6.45, 7) is 0.637. The standard InChI is InChI=1S/C14H17N3O2/c18-12-5-3-11(4-6-12)10-14(19)17-7-1-2-13-15-8-9-16-13/h3-6,8-9,18H,1-2,7,10H2,(H,15,16)(H,17,19). The monoisotopic (exact) mass is 259 g/mol. The van der Waals surface area contributed by atoms with Gasteiger partial charge < -0.3 is 15.4 Å². The van der Waals surface area contributed by atoms with Crippen molar-refractivity contribution in [1.29, 1.82) is 0 Å². The molecule has 3 N–H and O–H groups in total. The number of benzene rings is 1. The molecule has 1 aromatic carbocycles. The van der Waals surface area contributed by atoms with Crippen LogP contribution in [0.4, 0.5) is 0 Å². The lowest BCUT2D eigenvalue weighted by Crippen LogP contribution is -2.26. The molecular weight excluding hydrogens is 242 g/mol. The zero-order valence-corrected chi connectivity index (χ0v) is 10.6. The molecule has 0 radical (unpaired) electrons. The first-order valence-electron chi connectivity index (χ1n) is 6.27. The zero-order valence-electron chi connectivity index (χ0n) is 10.6. The highest BCUT2D eigenvalue weighted by Crippen LogP contribution is 2.09. The molecule has 0 spiro atoms. The molecule has 19 heavy (non-hydrogen) atoms. The number of phenols is 1. The number of carbonyl (C=O) groups is 1. The summed E-state index contributed by atoms with van der Waals surface area (Å²) in [4.78, 5) is 18.8. The van der Waals surface area contributed by atoms with Crippen LogP contribution in [0.25, 0.3) is 0 Å². The van der Waals surface area contributed by atoms with E-state index in [4.69, 9.17) is 5.11 Å². The Kier molecular flexibility index (Phi) is 4.55. The Hall–Kier alpha value is -2.30. The molecule has 1 aromatic heterocycles. The van der Waals surface area contributed by atoms with Gasteiger partial charge in [-0.2, -0.15) is 0 Å². The van der Waals surface area contributed by atoms with E-state index in [1.165, 1.54) is 0 Å². The number of H-pyrrole nitrogens is 1. The Bertz CT molecular complexity index is 506. The van der Waals surface area contributed by atoms with E-state index in [1.54, 1.807) is 36.7 Å². The minimum absolute atomic E-state index is 0.00913. The molecule has 0 bridgehead atoms. The molecule has 5 nitrogen and oxygen atoms in total. The third kappa shape index (κ3) is 4.46. The number of rotatable bonds is 6. The summed E-state index contributed by atoms with van der Waals surface area (Å²) < 4.78 is 0. The van der Waals surface area contributed by atoms with Crippen molar-refractivity contribution in [3.63, 3.8) is 0 Å². The minimum atomic E-state index is -0.00913. The van der Waals surface area contributed by atoms with Gasteiger partial charge in [0.15, 0.2) is 0 Å². The van der Waals surface area contributed by atoms with Crippen molar-refractivity contribution in [2.45, 2.75) is 19.3 Å². The lowest BCUT2D eigenvalue weighted by atomic mass is 10.1. The third-order valence-electron chi connectivity index (χ3n) is 2.77. The summed E-state index contributed by atoms with van der Waals surface area (Å²) in [6.07, 6.45) is 5.53. The lowest BCUT2D eigenvalue weighted by molar-refractivity contribution is -0.120.